The van der Waals surface area contributed by atoms with E-state index in [-0.39, 0.29) is 0 Å². The first-order valence-electron chi connectivity index (χ1n) is 8.15. The third kappa shape index (κ3) is 3.05. The first kappa shape index (κ1) is 14.8. The second-order valence-electron chi connectivity index (χ2n) is 6.37. The van der Waals surface area contributed by atoms with Gasteiger partial charge in [0.2, 0.25) is 0 Å². The summed E-state index contributed by atoms with van der Waals surface area (Å²) < 4.78 is 26.7. The number of nitrogens with zero attached hydrogens (tertiary/aromatic N) is 1. The molecule has 4 heteroatoms. The Morgan fingerprint density at radius 3 is 2.48 bits per heavy atom. The van der Waals surface area contributed by atoms with E-state index < -0.39 is 11.6 Å². The Kier molecular flexibility index (Phi) is 4.43. The van der Waals surface area contributed by atoms with E-state index in [9.17, 15) is 8.78 Å². The predicted molar refractivity (Wildman–Crippen MR) is 81.6 cm³/mol. The molecule has 2 saturated heterocycles. The second kappa shape index (κ2) is 6.30. The molecule has 116 valence electrons. The van der Waals surface area contributed by atoms with Crippen LogP contribution in [0, 0.1) is 11.6 Å². The first-order valence-corrected chi connectivity index (χ1v) is 8.15. The standard InChI is InChI=1S/C17H24F2N2/c1-2-8-20-12-9-13-4-3-5-14(10-12)21(13)15-6-7-16(18)17(19)11-15/h6-7,11-14,20H,2-5,8-10H2,1H3. The maximum absolute atomic E-state index is 13.5. The minimum absolute atomic E-state index is 0.455. The van der Waals surface area contributed by atoms with Crippen LogP contribution in [0.5, 0.6) is 0 Å². The fourth-order valence-electron chi connectivity index (χ4n) is 3.96. The summed E-state index contributed by atoms with van der Waals surface area (Å²) in [5, 5.41) is 3.63. The molecule has 2 heterocycles. The van der Waals surface area contributed by atoms with Crippen molar-refractivity contribution < 1.29 is 8.78 Å². The third-order valence-electron chi connectivity index (χ3n) is 4.86. The first-order chi connectivity index (χ1) is 10.2. The number of piperidine rings is 2. The fraction of sp³-hybridized carbons (Fsp3) is 0.647. The molecule has 21 heavy (non-hydrogen) atoms. The lowest BCUT2D eigenvalue weighted by Crippen LogP contribution is -2.56. The van der Waals surface area contributed by atoms with E-state index in [0.29, 0.717) is 18.1 Å². The Bertz CT molecular complexity index is 478. The number of benzene rings is 1. The number of hydrogen-bond donors (Lipinski definition) is 1. The largest absolute Gasteiger partial charge is 0.365 e. The van der Waals surface area contributed by atoms with Gasteiger partial charge in [-0.15, -0.1) is 0 Å². The van der Waals surface area contributed by atoms with Gasteiger partial charge in [0.15, 0.2) is 11.6 Å². The third-order valence-corrected chi connectivity index (χ3v) is 4.86. The van der Waals surface area contributed by atoms with Gasteiger partial charge in [0.25, 0.3) is 0 Å². The molecular formula is C17H24F2N2. The molecule has 1 N–H and O–H groups in total. The van der Waals surface area contributed by atoms with Crippen molar-refractivity contribution in [3.05, 3.63) is 29.8 Å². The molecule has 2 nitrogen and oxygen atoms in total. The summed E-state index contributed by atoms with van der Waals surface area (Å²) in [6, 6.07) is 5.82. The van der Waals surface area contributed by atoms with Crippen molar-refractivity contribution in [3.63, 3.8) is 0 Å². The van der Waals surface area contributed by atoms with Crippen LogP contribution in [0.15, 0.2) is 18.2 Å². The van der Waals surface area contributed by atoms with Gasteiger partial charge in [-0.1, -0.05) is 6.92 Å². The van der Waals surface area contributed by atoms with Crippen molar-refractivity contribution >= 4 is 5.69 Å². The Morgan fingerprint density at radius 1 is 1.14 bits per heavy atom. The zero-order valence-electron chi connectivity index (χ0n) is 12.6. The van der Waals surface area contributed by atoms with Gasteiger partial charge >= 0.3 is 0 Å². The summed E-state index contributed by atoms with van der Waals surface area (Å²) in [6.45, 7) is 3.25. The van der Waals surface area contributed by atoms with Gasteiger partial charge in [-0.25, -0.2) is 8.78 Å². The van der Waals surface area contributed by atoms with Crippen LogP contribution in [0.25, 0.3) is 0 Å². The highest BCUT2D eigenvalue weighted by molar-refractivity contribution is 5.50. The lowest BCUT2D eigenvalue weighted by atomic mass is 9.81. The number of hydrogen-bond acceptors (Lipinski definition) is 2. The normalized spacial score (nSPS) is 28.7. The average Bonchev–Trinajstić information content (AvgIpc) is 2.47. The SMILES string of the molecule is CCCNC1CC2CCCC(C1)N2c1ccc(F)c(F)c1. The minimum atomic E-state index is -0.761. The summed E-state index contributed by atoms with van der Waals surface area (Å²) in [4.78, 5) is 2.34. The summed E-state index contributed by atoms with van der Waals surface area (Å²) >= 11 is 0. The number of rotatable bonds is 4. The van der Waals surface area contributed by atoms with Gasteiger partial charge in [-0.3, -0.25) is 0 Å². The predicted octanol–water partition coefficient (Wildman–Crippen LogP) is 3.85. The lowest BCUT2D eigenvalue weighted by molar-refractivity contribution is 0.245. The Hall–Kier alpha value is -1.16. The molecule has 2 fully saturated rings. The summed E-state index contributed by atoms with van der Waals surface area (Å²) in [5.74, 6) is -1.50. The number of halogens is 2. The molecular weight excluding hydrogens is 270 g/mol. The van der Waals surface area contributed by atoms with Gasteiger partial charge < -0.3 is 10.2 Å². The number of anilines is 1. The van der Waals surface area contributed by atoms with Crippen molar-refractivity contribution in [1.29, 1.82) is 0 Å². The molecule has 2 atom stereocenters. The summed E-state index contributed by atoms with van der Waals surface area (Å²) in [5.41, 5.74) is 0.845. The van der Waals surface area contributed by atoms with Crippen LogP contribution in [-0.4, -0.2) is 24.7 Å². The molecule has 1 aromatic carbocycles. The van der Waals surface area contributed by atoms with E-state index in [1.54, 1.807) is 6.07 Å². The van der Waals surface area contributed by atoms with Gasteiger partial charge in [-0.2, -0.15) is 0 Å². The molecule has 2 unspecified atom stereocenters. The Morgan fingerprint density at radius 2 is 1.86 bits per heavy atom. The molecule has 0 spiro atoms. The zero-order valence-corrected chi connectivity index (χ0v) is 12.6. The van der Waals surface area contributed by atoms with E-state index in [4.69, 9.17) is 0 Å². The van der Waals surface area contributed by atoms with Crippen molar-refractivity contribution in [2.75, 3.05) is 11.4 Å². The van der Waals surface area contributed by atoms with Gasteiger partial charge in [-0.05, 0) is 57.2 Å². The van der Waals surface area contributed by atoms with Crippen molar-refractivity contribution in [3.8, 4) is 0 Å². The van der Waals surface area contributed by atoms with Crippen molar-refractivity contribution in [1.82, 2.24) is 5.32 Å². The van der Waals surface area contributed by atoms with Crippen LogP contribution < -0.4 is 10.2 Å². The Labute approximate surface area is 125 Å². The molecule has 3 rings (SSSR count). The van der Waals surface area contributed by atoms with Crippen LogP contribution in [0.3, 0.4) is 0 Å². The number of nitrogens with one attached hydrogen (secondary N) is 1. The second-order valence-corrected chi connectivity index (χ2v) is 6.37. The van der Waals surface area contributed by atoms with Gasteiger partial charge in [0.05, 0.1) is 0 Å². The molecule has 0 amide bonds. The van der Waals surface area contributed by atoms with Crippen LogP contribution in [0.1, 0.15) is 45.4 Å². The smallest absolute Gasteiger partial charge is 0.160 e. The zero-order chi connectivity index (χ0) is 14.8. The highest BCUT2D eigenvalue weighted by atomic mass is 19.2. The molecule has 0 saturated carbocycles. The van der Waals surface area contributed by atoms with Gasteiger partial charge in [0, 0.05) is 29.9 Å². The molecule has 2 bridgehead atoms. The maximum atomic E-state index is 13.5. The van der Waals surface area contributed by atoms with E-state index >= 15 is 0 Å². The fourth-order valence-corrected chi connectivity index (χ4v) is 3.96. The summed E-state index contributed by atoms with van der Waals surface area (Å²) in [7, 11) is 0. The van der Waals surface area contributed by atoms with Gasteiger partial charge in [0.1, 0.15) is 0 Å². The minimum Gasteiger partial charge on any atom is -0.365 e. The number of fused-ring (bicyclic) bond motifs is 2. The average molecular weight is 294 g/mol. The molecule has 0 aliphatic carbocycles. The van der Waals surface area contributed by atoms with Crippen LogP contribution in [-0.2, 0) is 0 Å². The topological polar surface area (TPSA) is 15.3 Å². The Balaban J connectivity index is 1.78. The van der Waals surface area contributed by atoms with Crippen LogP contribution >= 0.6 is 0 Å². The lowest BCUT2D eigenvalue weighted by Gasteiger charge is -2.50. The summed E-state index contributed by atoms with van der Waals surface area (Å²) in [6.07, 6.45) is 6.92. The van der Waals surface area contributed by atoms with Crippen molar-refractivity contribution in [2.24, 2.45) is 0 Å². The highest BCUT2D eigenvalue weighted by Crippen LogP contribution is 2.38. The van der Waals surface area contributed by atoms with E-state index in [1.807, 2.05) is 0 Å². The molecule has 2 aliphatic heterocycles. The van der Waals surface area contributed by atoms with Crippen molar-refractivity contribution in [2.45, 2.75) is 63.6 Å². The molecule has 0 radical (unpaired) electrons. The molecule has 0 aromatic heterocycles. The maximum Gasteiger partial charge on any atom is 0.160 e. The van der Waals surface area contributed by atoms with E-state index in [1.165, 1.54) is 18.6 Å². The van der Waals surface area contributed by atoms with Crippen LogP contribution in [0.4, 0.5) is 14.5 Å². The van der Waals surface area contributed by atoms with E-state index in [2.05, 4.69) is 17.1 Å². The molecule has 2 aliphatic rings. The molecule has 1 aromatic rings. The highest BCUT2D eigenvalue weighted by Gasteiger charge is 2.38. The van der Waals surface area contributed by atoms with Crippen LogP contribution in [0.2, 0.25) is 0 Å². The monoisotopic (exact) mass is 294 g/mol. The van der Waals surface area contributed by atoms with E-state index in [0.717, 1.165) is 44.3 Å². The quantitative estimate of drug-likeness (QED) is 0.907.